The van der Waals surface area contributed by atoms with Gasteiger partial charge in [-0.3, -0.25) is 4.79 Å². The van der Waals surface area contributed by atoms with Crippen molar-refractivity contribution >= 4 is 62.0 Å². The zero-order chi connectivity index (χ0) is 38.0. The highest BCUT2D eigenvalue weighted by Gasteiger charge is 2.46. The molecule has 1 amide bonds. The molecule has 1 fully saturated rings. The summed E-state index contributed by atoms with van der Waals surface area (Å²) in [5, 5.41) is 8.69. The molecule has 0 radical (unpaired) electrons. The normalized spacial score (nSPS) is 17.3. The number of hydrogen-bond donors (Lipinski definition) is 2. The molecule has 3 N–H and O–H groups in total. The van der Waals surface area contributed by atoms with Crippen LogP contribution in [-0.2, 0) is 25.1 Å². The van der Waals surface area contributed by atoms with Gasteiger partial charge in [0.05, 0.1) is 15.9 Å². The second-order valence-corrected chi connectivity index (χ2v) is 18.2. The first-order valence-corrected chi connectivity index (χ1v) is 19.7. The summed E-state index contributed by atoms with van der Waals surface area (Å²) >= 11 is 7.81. The Hall–Kier alpha value is -4.39. The number of carbonyl (C=O) groups is 3. The number of carbonyl (C=O) groups excluding carboxylic acids is 2. The first-order valence-electron chi connectivity index (χ1n) is 16.8. The summed E-state index contributed by atoms with van der Waals surface area (Å²) in [6.07, 6.45) is 1.19. The topological polar surface area (TPSA) is 153 Å². The Labute approximate surface area is 313 Å². The first kappa shape index (κ1) is 38.8. The fourth-order valence-electron chi connectivity index (χ4n) is 6.79. The summed E-state index contributed by atoms with van der Waals surface area (Å²) in [4.78, 5) is 41.2. The van der Waals surface area contributed by atoms with Crippen molar-refractivity contribution in [3.05, 3.63) is 99.9 Å². The second kappa shape index (κ2) is 15.3. The van der Waals surface area contributed by atoms with Crippen LogP contribution in [0.25, 0.3) is 10.4 Å². The largest absolute Gasteiger partial charge is 0.479 e. The molecule has 1 saturated carbocycles. The Morgan fingerprint density at radius 2 is 1.69 bits per heavy atom. The van der Waals surface area contributed by atoms with E-state index in [1.165, 1.54) is 0 Å². The van der Waals surface area contributed by atoms with Crippen molar-refractivity contribution in [1.82, 2.24) is 0 Å². The van der Waals surface area contributed by atoms with Gasteiger partial charge in [0.25, 0.3) is 5.91 Å². The fourth-order valence-corrected chi connectivity index (χ4v) is 10.6. The molecule has 1 heterocycles. The minimum absolute atomic E-state index is 0.0123. The Kier molecular flexibility index (Phi) is 11.4. The Bertz CT molecular complexity index is 2070. The number of esters is 1. The van der Waals surface area contributed by atoms with E-state index in [1.807, 2.05) is 19.9 Å². The molecule has 13 heteroatoms. The molecule has 3 aromatic carbocycles. The number of benzene rings is 3. The van der Waals surface area contributed by atoms with Crippen LogP contribution in [0.5, 0.6) is 5.75 Å². The van der Waals surface area contributed by atoms with Crippen molar-refractivity contribution in [3.63, 3.8) is 0 Å². The summed E-state index contributed by atoms with van der Waals surface area (Å²) in [7, 11) is -3.58. The van der Waals surface area contributed by atoms with Gasteiger partial charge >= 0.3 is 11.9 Å². The van der Waals surface area contributed by atoms with Gasteiger partial charge in [-0.25, -0.2) is 18.0 Å². The third kappa shape index (κ3) is 8.97. The van der Waals surface area contributed by atoms with Crippen molar-refractivity contribution in [1.29, 1.82) is 0 Å². The first-order chi connectivity index (χ1) is 24.4. The number of carboxylic acid groups (broad SMARTS) is 1. The van der Waals surface area contributed by atoms with Crippen molar-refractivity contribution < 1.29 is 37.4 Å². The highest BCUT2D eigenvalue weighted by atomic mass is 35.5. The maximum absolute atomic E-state index is 14.4. The number of amides is 1. The van der Waals surface area contributed by atoms with Gasteiger partial charge in [0.15, 0.2) is 27.1 Å². The van der Waals surface area contributed by atoms with Gasteiger partial charge in [0.2, 0.25) is 0 Å². The van der Waals surface area contributed by atoms with Crippen LogP contribution in [0.1, 0.15) is 79.5 Å². The number of nitrogens with zero attached hydrogens (tertiary/aromatic N) is 1. The van der Waals surface area contributed by atoms with E-state index < -0.39 is 44.6 Å². The average Bonchev–Trinajstić information content (AvgIpc) is 3.38. The maximum atomic E-state index is 14.4. The maximum Gasteiger partial charge on any atom is 0.352 e. The van der Waals surface area contributed by atoms with Crippen LogP contribution in [0.4, 0.5) is 11.4 Å². The molecule has 1 aromatic heterocycles. The van der Waals surface area contributed by atoms with Crippen LogP contribution >= 0.6 is 22.9 Å². The molecule has 1 aliphatic carbocycles. The zero-order valence-electron chi connectivity index (χ0n) is 29.7. The van der Waals surface area contributed by atoms with E-state index in [9.17, 15) is 27.9 Å². The number of hydrogen-bond acceptors (Lipinski definition) is 9. The molecule has 0 saturated heterocycles. The van der Waals surface area contributed by atoms with Gasteiger partial charge in [-0.2, -0.15) is 0 Å². The number of sulfone groups is 1. The number of rotatable bonds is 11. The summed E-state index contributed by atoms with van der Waals surface area (Å²) in [6, 6.07) is 22.6. The molecule has 0 aliphatic heterocycles. The molecular weight excluding hydrogens is 724 g/mol. The molecule has 5 rings (SSSR count). The van der Waals surface area contributed by atoms with E-state index in [4.69, 9.17) is 26.8 Å². The predicted octanol–water partition coefficient (Wildman–Crippen LogP) is 8.28. The number of halogens is 1. The smallest absolute Gasteiger partial charge is 0.352 e. The van der Waals surface area contributed by atoms with Crippen molar-refractivity contribution in [2.24, 2.45) is 5.41 Å². The second-order valence-electron chi connectivity index (χ2n) is 14.6. The highest BCUT2D eigenvalue weighted by molar-refractivity contribution is 7.91. The van der Waals surface area contributed by atoms with Crippen LogP contribution in [0.3, 0.4) is 0 Å². The number of nitrogen functional groups attached to an aromatic ring is 1. The molecule has 276 valence electrons. The lowest BCUT2D eigenvalue weighted by atomic mass is 9.74. The van der Waals surface area contributed by atoms with Crippen LogP contribution in [-0.4, -0.2) is 54.9 Å². The molecule has 52 heavy (non-hydrogen) atoms. The lowest BCUT2D eigenvalue weighted by Crippen LogP contribution is -2.51. The summed E-state index contributed by atoms with van der Waals surface area (Å²) in [6.45, 7) is 8.28. The quantitative estimate of drug-likeness (QED) is 0.113. The summed E-state index contributed by atoms with van der Waals surface area (Å²) in [5.41, 5.74) is 7.11. The van der Waals surface area contributed by atoms with Crippen LogP contribution in [0.15, 0.2) is 78.9 Å². The molecule has 4 aromatic rings. The molecule has 0 spiro atoms. The molecule has 2 atom stereocenters. The Balaban J connectivity index is 1.53. The predicted molar refractivity (Wildman–Crippen MR) is 205 cm³/mol. The highest BCUT2D eigenvalue weighted by Crippen LogP contribution is 2.48. The van der Waals surface area contributed by atoms with E-state index in [0.29, 0.717) is 52.2 Å². The minimum atomic E-state index is -3.58. The monoisotopic (exact) mass is 766 g/mol. The third-order valence-electron chi connectivity index (χ3n) is 8.87. The van der Waals surface area contributed by atoms with E-state index in [-0.39, 0.29) is 33.4 Å². The van der Waals surface area contributed by atoms with E-state index in [1.54, 1.807) is 98.5 Å². The number of ether oxygens (including phenoxy) is 2. The number of carboxylic acids is 1. The minimum Gasteiger partial charge on any atom is -0.479 e. The van der Waals surface area contributed by atoms with Gasteiger partial charge in [-0.05, 0) is 93.0 Å². The molecule has 0 bridgehead atoms. The lowest BCUT2D eigenvalue weighted by Gasteiger charge is -2.45. The molecule has 10 nitrogen and oxygen atoms in total. The fraction of sp³-hybridized carbons (Fsp3) is 0.359. The molecular formula is C39H43ClN2O8S2. The van der Waals surface area contributed by atoms with Gasteiger partial charge in [-0.15, -0.1) is 11.3 Å². The van der Waals surface area contributed by atoms with E-state index in [2.05, 4.69) is 0 Å². The average molecular weight is 767 g/mol. The Morgan fingerprint density at radius 3 is 2.33 bits per heavy atom. The van der Waals surface area contributed by atoms with Gasteiger partial charge in [0, 0.05) is 23.0 Å². The lowest BCUT2D eigenvalue weighted by molar-refractivity contribution is -0.139. The number of nitrogens with two attached hydrogens (primary N) is 1. The summed E-state index contributed by atoms with van der Waals surface area (Å²) in [5.74, 6) is -2.44. The standard InChI is InChI=1S/C39H43ClN2O8S2/c1-38(2,3)50-37(46)35-33(49-22-31(43)44)32(40)34(51-35)26-14-10-16-28(20-26)42(36(45)25-12-7-6-8-13-25)29-17-18-30(39(4,5)21-29)52(47,48)23-24-11-9-15-27(41)19-24/h6-16,19-20,29-30H,17-18,21-23,41H2,1-5H3,(H,43,44)/t29?,30-/m0/s1. The van der Waals surface area contributed by atoms with Crippen molar-refractivity contribution in [2.45, 2.75) is 76.5 Å². The van der Waals surface area contributed by atoms with Gasteiger partial charge in [0.1, 0.15) is 10.6 Å². The number of aliphatic carboxylic acids is 1. The number of anilines is 2. The summed E-state index contributed by atoms with van der Waals surface area (Å²) < 4.78 is 38.8. The van der Waals surface area contributed by atoms with Crippen molar-refractivity contribution in [3.8, 4) is 16.2 Å². The zero-order valence-corrected chi connectivity index (χ0v) is 32.1. The van der Waals surface area contributed by atoms with E-state index in [0.717, 1.165) is 11.3 Å². The van der Waals surface area contributed by atoms with Crippen molar-refractivity contribution in [2.75, 3.05) is 17.2 Å². The Morgan fingerprint density at radius 1 is 1.00 bits per heavy atom. The van der Waals surface area contributed by atoms with E-state index >= 15 is 0 Å². The molecule has 1 unspecified atom stereocenters. The number of thiophene rings is 1. The van der Waals surface area contributed by atoms with Gasteiger partial charge in [-0.1, -0.05) is 67.9 Å². The van der Waals surface area contributed by atoms with Crippen LogP contribution in [0.2, 0.25) is 5.02 Å². The van der Waals surface area contributed by atoms with Crippen LogP contribution < -0.4 is 15.4 Å². The van der Waals surface area contributed by atoms with Crippen LogP contribution in [0, 0.1) is 5.41 Å². The molecule has 1 aliphatic rings. The SMILES string of the molecule is CC(C)(C)OC(=O)c1sc(-c2cccc(N(C(=O)c3ccccc3)C3CC[C@H](S(=O)(=O)Cc4cccc(N)c4)C(C)(C)C3)c2)c(Cl)c1OCC(=O)O. The third-order valence-corrected chi connectivity index (χ3v) is 13.0. The van der Waals surface area contributed by atoms with Gasteiger partial charge < -0.3 is 25.2 Å².